The van der Waals surface area contributed by atoms with E-state index in [0.29, 0.717) is 16.0 Å². The molecule has 110 valence electrons. The van der Waals surface area contributed by atoms with Crippen molar-refractivity contribution in [2.45, 2.75) is 6.61 Å². The molecule has 0 saturated carbocycles. The van der Waals surface area contributed by atoms with Gasteiger partial charge in [-0.15, -0.1) is 0 Å². The van der Waals surface area contributed by atoms with E-state index < -0.39 is 5.97 Å². The number of rotatable bonds is 3. The number of esters is 1. The third-order valence-electron chi connectivity index (χ3n) is 3.10. The van der Waals surface area contributed by atoms with E-state index in [-0.39, 0.29) is 17.8 Å². The molecule has 0 aliphatic heterocycles. The predicted octanol–water partition coefficient (Wildman–Crippen LogP) is 3.80. The first-order chi connectivity index (χ1) is 10.6. The maximum atomic E-state index is 12.0. The number of halogens is 1. The summed E-state index contributed by atoms with van der Waals surface area (Å²) in [4.78, 5) is 24.0. The summed E-state index contributed by atoms with van der Waals surface area (Å²) in [6.07, 6.45) is 0. The van der Waals surface area contributed by atoms with E-state index in [1.165, 1.54) is 6.07 Å². The SMILES string of the molecule is O=C(OCc1ccccc1)c1cc(=O)c2cc(Cl)ccc2o1. The molecule has 4 nitrogen and oxygen atoms in total. The van der Waals surface area contributed by atoms with Crippen LogP contribution in [0.2, 0.25) is 5.02 Å². The van der Waals surface area contributed by atoms with Gasteiger partial charge < -0.3 is 9.15 Å². The zero-order valence-corrected chi connectivity index (χ0v) is 12.2. The summed E-state index contributed by atoms with van der Waals surface area (Å²) in [7, 11) is 0. The normalized spacial score (nSPS) is 10.6. The highest BCUT2D eigenvalue weighted by atomic mass is 35.5. The maximum absolute atomic E-state index is 12.0. The molecule has 0 saturated heterocycles. The van der Waals surface area contributed by atoms with E-state index in [9.17, 15) is 9.59 Å². The molecule has 0 atom stereocenters. The van der Waals surface area contributed by atoms with Gasteiger partial charge in [-0.3, -0.25) is 4.79 Å². The summed E-state index contributed by atoms with van der Waals surface area (Å²) in [5.74, 6) is -0.812. The standard InChI is InChI=1S/C17H11ClO4/c18-12-6-7-15-13(8-12)14(19)9-16(22-15)17(20)21-10-11-4-2-1-3-5-11/h1-9H,10H2. The van der Waals surface area contributed by atoms with Crippen LogP contribution in [0.1, 0.15) is 16.1 Å². The first-order valence-electron chi connectivity index (χ1n) is 6.58. The van der Waals surface area contributed by atoms with Gasteiger partial charge in [-0.25, -0.2) is 4.79 Å². The lowest BCUT2D eigenvalue weighted by atomic mass is 10.2. The zero-order valence-electron chi connectivity index (χ0n) is 11.4. The minimum Gasteiger partial charge on any atom is -0.455 e. The smallest absolute Gasteiger partial charge is 0.374 e. The van der Waals surface area contributed by atoms with E-state index in [1.807, 2.05) is 30.3 Å². The molecule has 1 heterocycles. The van der Waals surface area contributed by atoms with Crippen molar-refractivity contribution in [3.05, 3.63) is 81.2 Å². The second-order valence-corrected chi connectivity index (χ2v) is 5.11. The molecular formula is C17H11ClO4. The van der Waals surface area contributed by atoms with Gasteiger partial charge in [0.05, 0.1) is 5.39 Å². The van der Waals surface area contributed by atoms with Crippen LogP contribution < -0.4 is 5.43 Å². The predicted molar refractivity (Wildman–Crippen MR) is 83.1 cm³/mol. The minimum atomic E-state index is -0.683. The molecule has 1 aromatic heterocycles. The summed E-state index contributed by atoms with van der Waals surface area (Å²) in [5.41, 5.74) is 0.810. The van der Waals surface area contributed by atoms with Crippen LogP contribution in [0.4, 0.5) is 0 Å². The third kappa shape index (κ3) is 3.02. The van der Waals surface area contributed by atoms with Crippen molar-refractivity contribution in [1.29, 1.82) is 0 Å². The Kier molecular flexibility index (Phi) is 3.94. The Hall–Kier alpha value is -2.59. The van der Waals surface area contributed by atoms with Gasteiger partial charge in [0.25, 0.3) is 0 Å². The Morgan fingerprint density at radius 2 is 1.86 bits per heavy atom. The Morgan fingerprint density at radius 3 is 2.64 bits per heavy atom. The number of benzene rings is 2. The second kappa shape index (κ2) is 6.03. The number of ether oxygens (including phenoxy) is 1. The molecule has 2 aromatic carbocycles. The Labute approximate surface area is 130 Å². The fourth-order valence-electron chi connectivity index (χ4n) is 2.02. The van der Waals surface area contributed by atoms with E-state index >= 15 is 0 Å². The summed E-state index contributed by atoms with van der Waals surface area (Å²) in [6.45, 7) is 0.113. The van der Waals surface area contributed by atoms with E-state index in [0.717, 1.165) is 11.6 Å². The van der Waals surface area contributed by atoms with E-state index in [4.69, 9.17) is 20.8 Å². The van der Waals surface area contributed by atoms with Crippen molar-refractivity contribution in [3.8, 4) is 0 Å². The van der Waals surface area contributed by atoms with E-state index in [2.05, 4.69) is 0 Å². The van der Waals surface area contributed by atoms with Crippen LogP contribution in [0.15, 0.2) is 63.8 Å². The summed E-state index contributed by atoms with van der Waals surface area (Å²) in [6, 6.07) is 15.0. The first kappa shape index (κ1) is 14.4. The van der Waals surface area contributed by atoms with Gasteiger partial charge in [0, 0.05) is 11.1 Å². The van der Waals surface area contributed by atoms with E-state index in [1.54, 1.807) is 12.1 Å². The van der Waals surface area contributed by atoms with Gasteiger partial charge in [0.2, 0.25) is 5.76 Å². The van der Waals surface area contributed by atoms with Crippen LogP contribution >= 0.6 is 11.6 Å². The Balaban J connectivity index is 1.85. The minimum absolute atomic E-state index is 0.113. The van der Waals surface area contributed by atoms with Gasteiger partial charge in [-0.05, 0) is 23.8 Å². The van der Waals surface area contributed by atoms with Crippen LogP contribution in [0.25, 0.3) is 11.0 Å². The molecule has 0 unspecified atom stereocenters. The largest absolute Gasteiger partial charge is 0.455 e. The topological polar surface area (TPSA) is 56.5 Å². The van der Waals surface area contributed by atoms with Crippen molar-refractivity contribution in [2.75, 3.05) is 0 Å². The monoisotopic (exact) mass is 314 g/mol. The van der Waals surface area contributed by atoms with Crippen molar-refractivity contribution < 1.29 is 13.9 Å². The molecule has 0 radical (unpaired) electrons. The van der Waals surface area contributed by atoms with Crippen LogP contribution in [-0.2, 0) is 11.3 Å². The zero-order chi connectivity index (χ0) is 15.5. The molecular weight excluding hydrogens is 304 g/mol. The molecule has 22 heavy (non-hydrogen) atoms. The Bertz CT molecular complexity index is 884. The van der Waals surface area contributed by atoms with Crippen LogP contribution in [0.3, 0.4) is 0 Å². The number of hydrogen-bond acceptors (Lipinski definition) is 4. The van der Waals surface area contributed by atoms with Crippen molar-refractivity contribution in [3.63, 3.8) is 0 Å². The van der Waals surface area contributed by atoms with Gasteiger partial charge in [0.15, 0.2) is 5.43 Å². The average molecular weight is 315 g/mol. The fourth-order valence-corrected chi connectivity index (χ4v) is 2.20. The molecule has 0 amide bonds. The van der Waals surface area contributed by atoms with Crippen LogP contribution in [0, 0.1) is 0 Å². The van der Waals surface area contributed by atoms with Gasteiger partial charge in [-0.2, -0.15) is 0 Å². The fraction of sp³-hybridized carbons (Fsp3) is 0.0588. The highest BCUT2D eigenvalue weighted by Crippen LogP contribution is 2.18. The maximum Gasteiger partial charge on any atom is 0.374 e. The number of fused-ring (bicyclic) bond motifs is 1. The molecule has 0 bridgehead atoms. The van der Waals surface area contributed by atoms with Gasteiger partial charge in [-0.1, -0.05) is 41.9 Å². The first-order valence-corrected chi connectivity index (χ1v) is 6.96. The molecule has 3 rings (SSSR count). The lowest BCUT2D eigenvalue weighted by molar-refractivity contribution is 0.0436. The second-order valence-electron chi connectivity index (χ2n) is 4.68. The average Bonchev–Trinajstić information content (AvgIpc) is 2.54. The van der Waals surface area contributed by atoms with Crippen molar-refractivity contribution in [2.24, 2.45) is 0 Å². The third-order valence-corrected chi connectivity index (χ3v) is 3.34. The number of carbonyl (C=O) groups excluding carboxylic acids is 1. The molecule has 3 aromatic rings. The number of carbonyl (C=O) groups is 1. The highest BCUT2D eigenvalue weighted by Gasteiger charge is 2.14. The molecule has 0 spiro atoms. The molecule has 0 aliphatic carbocycles. The van der Waals surface area contributed by atoms with Crippen molar-refractivity contribution in [1.82, 2.24) is 0 Å². The highest BCUT2D eigenvalue weighted by molar-refractivity contribution is 6.31. The van der Waals surface area contributed by atoms with Crippen molar-refractivity contribution >= 4 is 28.5 Å². The lowest BCUT2D eigenvalue weighted by Gasteiger charge is -2.05. The number of hydrogen-bond donors (Lipinski definition) is 0. The van der Waals surface area contributed by atoms with Gasteiger partial charge in [0.1, 0.15) is 12.2 Å². The molecule has 0 fully saturated rings. The molecule has 0 N–H and O–H groups in total. The summed E-state index contributed by atoms with van der Waals surface area (Å²) >= 11 is 5.84. The van der Waals surface area contributed by atoms with Gasteiger partial charge >= 0.3 is 5.97 Å². The summed E-state index contributed by atoms with van der Waals surface area (Å²) < 4.78 is 10.6. The molecule has 0 aliphatic rings. The summed E-state index contributed by atoms with van der Waals surface area (Å²) in [5, 5.41) is 0.756. The molecule has 5 heteroatoms. The lowest BCUT2D eigenvalue weighted by Crippen LogP contribution is -2.10. The Morgan fingerprint density at radius 1 is 1.09 bits per heavy atom. The van der Waals surface area contributed by atoms with Crippen LogP contribution in [-0.4, -0.2) is 5.97 Å². The van der Waals surface area contributed by atoms with Crippen LogP contribution in [0.5, 0.6) is 0 Å². The quantitative estimate of drug-likeness (QED) is 0.690.